The molecule has 0 bridgehead atoms. The third-order valence-electron chi connectivity index (χ3n) is 2.88. The number of aliphatic hydroxyl groups is 2. The molecule has 1 aromatic carbocycles. The summed E-state index contributed by atoms with van der Waals surface area (Å²) in [5.74, 6) is -0.917. The predicted octanol–water partition coefficient (Wildman–Crippen LogP) is 2.28. The normalized spacial score (nSPS) is 13.9. The van der Waals surface area contributed by atoms with Crippen LogP contribution in [-0.2, 0) is 0 Å². The molecule has 106 valence electrons. The lowest BCUT2D eigenvalue weighted by Crippen LogP contribution is -2.19. The highest BCUT2D eigenvalue weighted by Gasteiger charge is 2.17. The molecule has 1 aromatic heterocycles. The summed E-state index contributed by atoms with van der Waals surface area (Å²) in [6.07, 6.45) is -2.10. The zero-order chi connectivity index (χ0) is 14.7. The van der Waals surface area contributed by atoms with Crippen molar-refractivity contribution in [2.75, 3.05) is 5.88 Å². The van der Waals surface area contributed by atoms with Gasteiger partial charge in [0, 0.05) is 5.56 Å². The van der Waals surface area contributed by atoms with Crippen LogP contribution in [0.3, 0.4) is 0 Å². The molecule has 5 nitrogen and oxygen atoms in total. The summed E-state index contributed by atoms with van der Waals surface area (Å²) in [5, 5.41) is 28.0. The minimum absolute atomic E-state index is 0.0664. The van der Waals surface area contributed by atoms with E-state index in [2.05, 4.69) is 0 Å². The summed E-state index contributed by atoms with van der Waals surface area (Å²) < 4.78 is 5.17. The van der Waals surface area contributed by atoms with Crippen LogP contribution in [0, 0.1) is 0 Å². The quantitative estimate of drug-likeness (QED) is 0.736. The van der Waals surface area contributed by atoms with E-state index in [4.69, 9.17) is 21.1 Å². The minimum atomic E-state index is -1.13. The molecule has 0 aliphatic rings. The van der Waals surface area contributed by atoms with Crippen LogP contribution in [0.1, 0.15) is 22.2 Å². The van der Waals surface area contributed by atoms with Crippen LogP contribution in [0.5, 0.6) is 0 Å². The van der Waals surface area contributed by atoms with E-state index in [1.165, 1.54) is 6.07 Å². The van der Waals surface area contributed by atoms with Gasteiger partial charge in [0.25, 0.3) is 0 Å². The monoisotopic (exact) mass is 296 g/mol. The number of aliphatic hydroxyl groups excluding tert-OH is 2. The molecule has 0 saturated heterocycles. The number of benzene rings is 1. The molecule has 0 aliphatic heterocycles. The Labute approximate surface area is 120 Å². The number of carbonyl (C=O) groups is 1. The van der Waals surface area contributed by atoms with Gasteiger partial charge < -0.3 is 19.7 Å². The molecule has 2 rings (SSSR count). The molecular formula is C14H13ClO5. The molecule has 1 heterocycles. The fourth-order valence-electron chi connectivity index (χ4n) is 1.76. The number of aromatic carboxylic acids is 1. The fraction of sp³-hybridized carbons (Fsp3) is 0.214. The first-order valence-corrected chi connectivity index (χ1v) is 6.42. The molecule has 2 unspecified atom stereocenters. The van der Waals surface area contributed by atoms with E-state index in [1.807, 2.05) is 0 Å². The van der Waals surface area contributed by atoms with Crippen molar-refractivity contribution in [2.45, 2.75) is 12.2 Å². The van der Waals surface area contributed by atoms with Gasteiger partial charge in [-0.2, -0.15) is 0 Å². The fourth-order valence-corrected chi connectivity index (χ4v) is 1.93. The lowest BCUT2D eigenvalue weighted by Gasteiger charge is -2.15. The summed E-state index contributed by atoms with van der Waals surface area (Å²) in [6.45, 7) is 0. The molecule has 2 aromatic rings. The van der Waals surface area contributed by atoms with Gasteiger partial charge in [-0.15, -0.1) is 11.6 Å². The van der Waals surface area contributed by atoms with Crippen LogP contribution in [0.2, 0.25) is 0 Å². The van der Waals surface area contributed by atoms with Crippen LogP contribution >= 0.6 is 11.6 Å². The van der Waals surface area contributed by atoms with Gasteiger partial charge in [-0.25, -0.2) is 4.79 Å². The Morgan fingerprint density at radius 2 is 1.80 bits per heavy atom. The number of rotatable bonds is 5. The number of hydrogen-bond donors (Lipinski definition) is 3. The summed E-state index contributed by atoms with van der Waals surface area (Å²) in [6, 6.07) is 9.52. The molecule has 0 spiro atoms. The number of halogens is 1. The van der Waals surface area contributed by atoms with Crippen LogP contribution in [0.25, 0.3) is 11.3 Å². The van der Waals surface area contributed by atoms with Gasteiger partial charge in [-0.1, -0.05) is 24.3 Å². The van der Waals surface area contributed by atoms with E-state index in [9.17, 15) is 15.0 Å². The lowest BCUT2D eigenvalue weighted by atomic mass is 10.0. The van der Waals surface area contributed by atoms with Crippen LogP contribution in [-0.4, -0.2) is 33.3 Å². The van der Waals surface area contributed by atoms with Gasteiger partial charge in [0.05, 0.1) is 12.0 Å². The molecule has 0 saturated carbocycles. The molecule has 0 radical (unpaired) electrons. The minimum Gasteiger partial charge on any atom is -0.475 e. The Kier molecular flexibility index (Phi) is 4.44. The number of furan rings is 1. The average Bonchev–Trinajstić information content (AvgIpc) is 2.96. The van der Waals surface area contributed by atoms with Gasteiger partial charge in [-0.05, 0) is 17.7 Å². The summed E-state index contributed by atoms with van der Waals surface area (Å²) in [4.78, 5) is 10.7. The Bertz CT molecular complexity index is 590. The largest absolute Gasteiger partial charge is 0.475 e. The second-order valence-corrected chi connectivity index (χ2v) is 4.57. The molecule has 20 heavy (non-hydrogen) atoms. The van der Waals surface area contributed by atoms with Crippen molar-refractivity contribution in [3.63, 3.8) is 0 Å². The second kappa shape index (κ2) is 6.09. The molecule has 0 aliphatic carbocycles. The maximum atomic E-state index is 10.7. The standard InChI is InChI=1S/C14H13ClO5/c15-7-10(16)13(17)9-3-1-8(2-4-9)11-5-6-12(20-11)14(18)19/h1-6,10,13,16-17H,7H2,(H,18,19). The van der Waals surface area contributed by atoms with Crippen LogP contribution in [0.4, 0.5) is 0 Å². The Hall–Kier alpha value is -1.82. The second-order valence-electron chi connectivity index (χ2n) is 4.26. The van der Waals surface area contributed by atoms with Crippen molar-refractivity contribution in [1.29, 1.82) is 0 Å². The first-order valence-electron chi connectivity index (χ1n) is 5.88. The van der Waals surface area contributed by atoms with Crippen molar-refractivity contribution in [3.8, 4) is 11.3 Å². The van der Waals surface area contributed by atoms with E-state index in [-0.39, 0.29) is 11.6 Å². The van der Waals surface area contributed by atoms with E-state index in [1.54, 1.807) is 30.3 Å². The zero-order valence-corrected chi connectivity index (χ0v) is 11.1. The molecule has 0 amide bonds. The van der Waals surface area contributed by atoms with Gasteiger partial charge in [-0.3, -0.25) is 0 Å². The van der Waals surface area contributed by atoms with Crippen molar-refractivity contribution in [1.82, 2.24) is 0 Å². The van der Waals surface area contributed by atoms with E-state index in [0.717, 1.165) is 0 Å². The maximum absolute atomic E-state index is 10.7. The van der Waals surface area contributed by atoms with Crippen molar-refractivity contribution < 1.29 is 24.5 Å². The molecule has 6 heteroatoms. The van der Waals surface area contributed by atoms with Crippen molar-refractivity contribution in [3.05, 3.63) is 47.7 Å². The molecule has 3 N–H and O–H groups in total. The van der Waals surface area contributed by atoms with Gasteiger partial charge in [0.2, 0.25) is 5.76 Å². The molecule has 0 fully saturated rings. The first kappa shape index (κ1) is 14.6. The highest BCUT2D eigenvalue weighted by atomic mass is 35.5. The highest BCUT2D eigenvalue weighted by Crippen LogP contribution is 2.25. The summed E-state index contributed by atoms with van der Waals surface area (Å²) in [7, 11) is 0. The van der Waals surface area contributed by atoms with E-state index >= 15 is 0 Å². The Balaban J connectivity index is 2.21. The number of hydrogen-bond acceptors (Lipinski definition) is 4. The third kappa shape index (κ3) is 3.01. The van der Waals surface area contributed by atoms with E-state index < -0.39 is 18.2 Å². The number of carboxylic acid groups (broad SMARTS) is 1. The molecule has 2 atom stereocenters. The van der Waals surface area contributed by atoms with Crippen LogP contribution in [0.15, 0.2) is 40.8 Å². The predicted molar refractivity (Wildman–Crippen MR) is 72.8 cm³/mol. The molecular weight excluding hydrogens is 284 g/mol. The smallest absolute Gasteiger partial charge is 0.371 e. The summed E-state index contributed by atoms with van der Waals surface area (Å²) in [5.41, 5.74) is 1.20. The van der Waals surface area contributed by atoms with Crippen LogP contribution < -0.4 is 0 Å². The number of carboxylic acids is 1. The SMILES string of the molecule is O=C(O)c1ccc(-c2ccc(C(O)C(O)CCl)cc2)o1. The van der Waals surface area contributed by atoms with Crippen molar-refractivity contribution >= 4 is 17.6 Å². The first-order chi connectivity index (χ1) is 9.52. The third-order valence-corrected chi connectivity index (χ3v) is 3.19. The maximum Gasteiger partial charge on any atom is 0.371 e. The van der Waals surface area contributed by atoms with Gasteiger partial charge in [0.1, 0.15) is 11.9 Å². The van der Waals surface area contributed by atoms with Gasteiger partial charge >= 0.3 is 5.97 Å². The Morgan fingerprint density at radius 3 is 2.30 bits per heavy atom. The topological polar surface area (TPSA) is 90.9 Å². The van der Waals surface area contributed by atoms with Crippen molar-refractivity contribution in [2.24, 2.45) is 0 Å². The zero-order valence-electron chi connectivity index (χ0n) is 10.4. The van der Waals surface area contributed by atoms with Gasteiger partial charge in [0.15, 0.2) is 0 Å². The summed E-state index contributed by atoms with van der Waals surface area (Å²) >= 11 is 5.48. The van der Waals surface area contributed by atoms with E-state index in [0.29, 0.717) is 16.9 Å². The average molecular weight is 297 g/mol. The highest BCUT2D eigenvalue weighted by molar-refractivity contribution is 6.18. The lowest BCUT2D eigenvalue weighted by molar-refractivity contribution is 0.0327. The Morgan fingerprint density at radius 1 is 1.15 bits per heavy atom. The number of alkyl halides is 1.